The van der Waals surface area contributed by atoms with Gasteiger partial charge in [0.05, 0.1) is 0 Å². The predicted octanol–water partition coefficient (Wildman–Crippen LogP) is 12.0. The Kier molecular flexibility index (Phi) is 5.75. The summed E-state index contributed by atoms with van der Waals surface area (Å²) in [4.78, 5) is 7.48. The van der Waals surface area contributed by atoms with E-state index in [9.17, 15) is 0 Å². The number of rotatable bonds is 4. The van der Waals surface area contributed by atoms with Gasteiger partial charge in [0.25, 0.3) is 0 Å². The van der Waals surface area contributed by atoms with Crippen molar-refractivity contribution in [3.05, 3.63) is 157 Å². The molecule has 1 aliphatic carbocycles. The third-order valence-corrected chi connectivity index (χ3v) is 10.6. The van der Waals surface area contributed by atoms with Gasteiger partial charge in [0.1, 0.15) is 5.82 Å². The highest BCUT2D eigenvalue weighted by atomic mass is 32.1. The monoisotopic (exact) mass is 594 g/mol. The number of fused-ring (bicyclic) bond motifs is 8. The molecule has 214 valence electrons. The zero-order valence-electron chi connectivity index (χ0n) is 25.2. The van der Waals surface area contributed by atoms with E-state index in [-0.39, 0.29) is 5.41 Å². The lowest BCUT2D eigenvalue weighted by molar-refractivity contribution is 0.660. The highest BCUT2D eigenvalue weighted by Crippen LogP contribution is 2.51. The zero-order chi connectivity index (χ0) is 30.1. The van der Waals surface area contributed by atoms with Crippen LogP contribution in [0.15, 0.2) is 146 Å². The van der Waals surface area contributed by atoms with Gasteiger partial charge in [-0.05, 0) is 80.6 Å². The smallest absolute Gasteiger partial charge is 0.138 e. The number of nitrogens with zero attached hydrogens (tertiary/aromatic N) is 2. The molecule has 3 heteroatoms. The molecule has 0 N–H and O–H groups in total. The molecule has 9 rings (SSSR count). The zero-order valence-corrected chi connectivity index (χ0v) is 26.0. The van der Waals surface area contributed by atoms with Crippen molar-refractivity contribution in [1.82, 2.24) is 4.98 Å². The van der Waals surface area contributed by atoms with Crippen molar-refractivity contribution in [2.24, 2.45) is 0 Å². The molecule has 0 unspecified atom stereocenters. The van der Waals surface area contributed by atoms with E-state index in [2.05, 4.69) is 164 Å². The van der Waals surface area contributed by atoms with E-state index in [1.54, 1.807) is 0 Å². The lowest BCUT2D eigenvalue weighted by atomic mass is 9.82. The fourth-order valence-corrected chi connectivity index (χ4v) is 8.37. The summed E-state index contributed by atoms with van der Waals surface area (Å²) in [5.41, 5.74) is 9.92. The van der Waals surface area contributed by atoms with E-state index in [1.807, 2.05) is 11.3 Å². The van der Waals surface area contributed by atoms with E-state index < -0.39 is 0 Å². The maximum absolute atomic E-state index is 5.17. The normalized spacial score (nSPS) is 13.3. The average Bonchev–Trinajstić information content (AvgIpc) is 3.57. The Morgan fingerprint density at radius 2 is 1.27 bits per heavy atom. The first kappa shape index (κ1) is 26.2. The number of aromatic nitrogens is 1. The van der Waals surface area contributed by atoms with Crippen LogP contribution in [0.1, 0.15) is 25.0 Å². The molecule has 0 radical (unpaired) electrons. The molecular weight excluding hydrogens is 565 g/mol. The van der Waals surface area contributed by atoms with Crippen molar-refractivity contribution in [2.75, 3.05) is 4.90 Å². The van der Waals surface area contributed by atoms with Crippen molar-refractivity contribution in [3.8, 4) is 22.3 Å². The van der Waals surface area contributed by atoms with Gasteiger partial charge >= 0.3 is 0 Å². The van der Waals surface area contributed by atoms with Gasteiger partial charge in [-0.25, -0.2) is 4.98 Å². The summed E-state index contributed by atoms with van der Waals surface area (Å²) >= 11 is 1.84. The molecule has 0 atom stereocenters. The van der Waals surface area contributed by atoms with Crippen LogP contribution in [0.5, 0.6) is 0 Å². The molecule has 0 amide bonds. The van der Waals surface area contributed by atoms with Gasteiger partial charge in [0, 0.05) is 43.2 Å². The van der Waals surface area contributed by atoms with Gasteiger partial charge in [-0.1, -0.05) is 117 Å². The molecule has 0 saturated heterocycles. The van der Waals surface area contributed by atoms with Gasteiger partial charge in [-0.15, -0.1) is 11.3 Å². The van der Waals surface area contributed by atoms with Crippen LogP contribution in [0.3, 0.4) is 0 Å². The van der Waals surface area contributed by atoms with Crippen molar-refractivity contribution in [1.29, 1.82) is 0 Å². The minimum absolute atomic E-state index is 0.0381. The Hall–Kier alpha value is -5.25. The maximum atomic E-state index is 5.17. The number of anilines is 3. The second-order valence-corrected chi connectivity index (χ2v) is 13.5. The molecule has 0 saturated carbocycles. The van der Waals surface area contributed by atoms with Crippen molar-refractivity contribution < 1.29 is 0 Å². The van der Waals surface area contributed by atoms with Crippen LogP contribution in [0.4, 0.5) is 17.2 Å². The van der Waals surface area contributed by atoms with Gasteiger partial charge < -0.3 is 0 Å². The molecule has 2 nitrogen and oxygen atoms in total. The summed E-state index contributed by atoms with van der Waals surface area (Å²) < 4.78 is 2.53. The number of thiophene rings is 1. The largest absolute Gasteiger partial charge is 0.295 e. The van der Waals surface area contributed by atoms with Gasteiger partial charge in [-0.2, -0.15) is 0 Å². The van der Waals surface area contributed by atoms with Crippen LogP contribution < -0.4 is 4.90 Å². The van der Waals surface area contributed by atoms with Crippen LogP contribution in [-0.2, 0) is 5.41 Å². The second-order valence-electron chi connectivity index (χ2n) is 12.4. The Morgan fingerprint density at radius 3 is 2.13 bits per heavy atom. The molecule has 0 aliphatic heterocycles. The lowest BCUT2D eigenvalue weighted by Crippen LogP contribution is -2.15. The van der Waals surface area contributed by atoms with Crippen LogP contribution >= 0.6 is 11.3 Å². The number of pyridine rings is 1. The van der Waals surface area contributed by atoms with E-state index in [0.29, 0.717) is 0 Å². The van der Waals surface area contributed by atoms with E-state index in [0.717, 1.165) is 17.2 Å². The second kappa shape index (κ2) is 9.88. The summed E-state index contributed by atoms with van der Waals surface area (Å²) in [6.07, 6.45) is 2.08. The fourth-order valence-electron chi connectivity index (χ4n) is 7.25. The summed E-state index contributed by atoms with van der Waals surface area (Å²) in [5, 5.41) is 5.04. The Balaban J connectivity index is 1.24. The van der Waals surface area contributed by atoms with Crippen molar-refractivity contribution >= 4 is 59.5 Å². The molecule has 2 aromatic heterocycles. The first-order valence-corrected chi connectivity index (χ1v) is 16.3. The quantitative estimate of drug-likeness (QED) is 0.201. The van der Waals surface area contributed by atoms with Gasteiger partial charge in [-0.3, -0.25) is 4.90 Å². The van der Waals surface area contributed by atoms with Crippen molar-refractivity contribution in [2.45, 2.75) is 19.3 Å². The third kappa shape index (κ3) is 4.04. The highest BCUT2D eigenvalue weighted by molar-refractivity contribution is 7.26. The van der Waals surface area contributed by atoms with Crippen LogP contribution in [0.2, 0.25) is 0 Å². The number of benzene rings is 6. The summed E-state index contributed by atoms with van der Waals surface area (Å²) in [7, 11) is 0. The summed E-state index contributed by atoms with van der Waals surface area (Å²) in [5.74, 6) is 0.913. The topological polar surface area (TPSA) is 16.1 Å². The molecule has 1 aliphatic rings. The van der Waals surface area contributed by atoms with Crippen LogP contribution in [-0.4, -0.2) is 4.98 Å². The van der Waals surface area contributed by atoms with Crippen LogP contribution in [0.25, 0.3) is 53.2 Å². The summed E-state index contributed by atoms with van der Waals surface area (Å²) in [6.45, 7) is 4.66. The SMILES string of the molecule is CC1(C)c2ccccc2-c2cc(N(c3ccc(-c4ccccc4)cc3)c3cc4sc5ccc6ccccc6c5c4cn3)ccc21. The number of hydrogen-bond acceptors (Lipinski definition) is 3. The van der Waals surface area contributed by atoms with Gasteiger partial charge in [0.15, 0.2) is 0 Å². The lowest BCUT2D eigenvalue weighted by Gasteiger charge is -2.26. The third-order valence-electron chi connectivity index (χ3n) is 9.52. The van der Waals surface area contributed by atoms with Crippen LogP contribution in [0, 0.1) is 0 Å². The van der Waals surface area contributed by atoms with E-state index in [1.165, 1.54) is 64.3 Å². The molecule has 0 bridgehead atoms. The summed E-state index contributed by atoms with van der Waals surface area (Å²) in [6, 6.07) is 50.6. The Morgan fingerprint density at radius 1 is 0.556 bits per heavy atom. The Bertz CT molecular complexity index is 2400. The van der Waals surface area contributed by atoms with Crippen molar-refractivity contribution in [3.63, 3.8) is 0 Å². The highest BCUT2D eigenvalue weighted by Gasteiger charge is 2.35. The van der Waals surface area contributed by atoms with E-state index in [4.69, 9.17) is 4.98 Å². The molecule has 8 aromatic rings. The predicted molar refractivity (Wildman–Crippen MR) is 192 cm³/mol. The fraction of sp³-hybridized carbons (Fsp3) is 0.0714. The average molecular weight is 595 g/mol. The molecule has 6 aromatic carbocycles. The standard InChI is InChI=1S/C42H30N2S/c1-42(2)36-15-9-8-14-33(36)34-24-31(21-22-37(34)42)44(30-19-16-28(17-20-30)27-10-4-3-5-11-27)40-25-39-35(26-43-40)41-32-13-7-6-12-29(32)18-23-38(41)45-39/h3-26H,1-2H3. The molecule has 2 heterocycles. The first-order chi connectivity index (χ1) is 22.1. The minimum Gasteiger partial charge on any atom is -0.295 e. The number of hydrogen-bond donors (Lipinski definition) is 0. The Labute approximate surface area is 266 Å². The molecular formula is C42H30N2S. The minimum atomic E-state index is -0.0381. The maximum Gasteiger partial charge on any atom is 0.138 e. The molecule has 0 fully saturated rings. The van der Waals surface area contributed by atoms with Gasteiger partial charge in [0.2, 0.25) is 0 Å². The molecule has 45 heavy (non-hydrogen) atoms. The first-order valence-electron chi connectivity index (χ1n) is 15.5. The van der Waals surface area contributed by atoms with E-state index >= 15 is 0 Å². The molecule has 0 spiro atoms.